The van der Waals surface area contributed by atoms with E-state index in [0.29, 0.717) is 0 Å². The molecule has 5 heteroatoms. The molecule has 88 valence electrons. The third-order valence-electron chi connectivity index (χ3n) is 3.31. The standard InChI is InChI=1S/C12H14N4O/c13-6-9-11(7-14)16(8-15-9)10-4-2-1-3-5-12(10)17/h8,10,12,17H,1-5H2. The predicted octanol–water partition coefficient (Wildman–Crippen LogP) is 1.49. The number of aromatic nitrogens is 2. The highest BCUT2D eigenvalue weighted by atomic mass is 16.3. The predicted molar refractivity (Wildman–Crippen MR) is 59.8 cm³/mol. The summed E-state index contributed by atoms with van der Waals surface area (Å²) in [6.07, 6.45) is 5.77. The summed E-state index contributed by atoms with van der Waals surface area (Å²) in [5.41, 5.74) is 0.405. The minimum atomic E-state index is -0.453. The highest BCUT2D eigenvalue weighted by Gasteiger charge is 2.26. The van der Waals surface area contributed by atoms with Gasteiger partial charge in [-0.15, -0.1) is 0 Å². The molecule has 17 heavy (non-hydrogen) atoms. The maximum atomic E-state index is 10.1. The average molecular weight is 230 g/mol. The van der Waals surface area contributed by atoms with Crippen LogP contribution >= 0.6 is 0 Å². The summed E-state index contributed by atoms with van der Waals surface area (Å²) >= 11 is 0. The number of rotatable bonds is 1. The van der Waals surface area contributed by atoms with Gasteiger partial charge in [0.1, 0.15) is 12.1 Å². The zero-order chi connectivity index (χ0) is 12.3. The van der Waals surface area contributed by atoms with Crippen molar-refractivity contribution in [3.05, 3.63) is 17.7 Å². The van der Waals surface area contributed by atoms with Crippen molar-refractivity contribution in [3.63, 3.8) is 0 Å². The second kappa shape index (κ2) is 4.99. The van der Waals surface area contributed by atoms with Crippen molar-refractivity contribution in [1.29, 1.82) is 10.5 Å². The van der Waals surface area contributed by atoms with E-state index in [1.807, 2.05) is 12.1 Å². The van der Waals surface area contributed by atoms with Gasteiger partial charge in [-0.3, -0.25) is 0 Å². The summed E-state index contributed by atoms with van der Waals surface area (Å²) in [6, 6.07) is 3.78. The van der Waals surface area contributed by atoms with Crippen LogP contribution in [-0.2, 0) is 0 Å². The van der Waals surface area contributed by atoms with Crippen molar-refractivity contribution in [2.45, 2.75) is 44.2 Å². The molecule has 0 radical (unpaired) electrons. The van der Waals surface area contributed by atoms with E-state index in [1.165, 1.54) is 6.33 Å². The molecule has 1 N–H and O–H groups in total. The Morgan fingerprint density at radius 2 is 2.00 bits per heavy atom. The molecule has 2 atom stereocenters. The molecule has 1 aliphatic rings. The zero-order valence-electron chi connectivity index (χ0n) is 9.50. The molecule has 1 saturated carbocycles. The third-order valence-corrected chi connectivity index (χ3v) is 3.31. The summed E-state index contributed by atoms with van der Waals surface area (Å²) in [4.78, 5) is 3.91. The zero-order valence-corrected chi connectivity index (χ0v) is 9.50. The van der Waals surface area contributed by atoms with Crippen molar-refractivity contribution in [2.24, 2.45) is 0 Å². The number of hydrogen-bond donors (Lipinski definition) is 1. The fourth-order valence-electron chi connectivity index (χ4n) is 2.40. The molecule has 0 aliphatic heterocycles. The monoisotopic (exact) mass is 230 g/mol. The molecule has 1 heterocycles. The van der Waals surface area contributed by atoms with Crippen molar-refractivity contribution in [3.8, 4) is 12.1 Å². The molecular weight excluding hydrogens is 216 g/mol. The lowest BCUT2D eigenvalue weighted by molar-refractivity contribution is 0.105. The van der Waals surface area contributed by atoms with Crippen LogP contribution in [0.4, 0.5) is 0 Å². The van der Waals surface area contributed by atoms with E-state index in [9.17, 15) is 5.11 Å². The largest absolute Gasteiger partial charge is 0.391 e. The number of imidazole rings is 1. The van der Waals surface area contributed by atoms with Crippen LogP contribution in [0.15, 0.2) is 6.33 Å². The first kappa shape index (κ1) is 11.6. The number of aliphatic hydroxyl groups excluding tert-OH is 1. The molecule has 0 amide bonds. The molecule has 2 unspecified atom stereocenters. The van der Waals surface area contributed by atoms with Crippen LogP contribution < -0.4 is 0 Å². The first-order valence-electron chi connectivity index (χ1n) is 5.83. The summed E-state index contributed by atoms with van der Waals surface area (Å²) in [6.45, 7) is 0. The van der Waals surface area contributed by atoms with Crippen LogP contribution in [0.5, 0.6) is 0 Å². The van der Waals surface area contributed by atoms with Crippen LogP contribution in [0.1, 0.15) is 49.5 Å². The van der Waals surface area contributed by atoms with Crippen molar-refractivity contribution in [1.82, 2.24) is 9.55 Å². The SMILES string of the molecule is N#Cc1ncn(C2CCCCCC2O)c1C#N. The van der Waals surface area contributed by atoms with E-state index in [1.54, 1.807) is 4.57 Å². The van der Waals surface area contributed by atoms with Gasteiger partial charge in [0.2, 0.25) is 0 Å². The number of nitrogens with zero attached hydrogens (tertiary/aromatic N) is 4. The van der Waals surface area contributed by atoms with E-state index >= 15 is 0 Å². The molecule has 0 spiro atoms. The lowest BCUT2D eigenvalue weighted by atomic mass is 10.1. The number of hydrogen-bond acceptors (Lipinski definition) is 4. The highest BCUT2D eigenvalue weighted by molar-refractivity contribution is 5.36. The average Bonchev–Trinajstić information content (AvgIpc) is 2.64. The summed E-state index contributed by atoms with van der Waals surface area (Å²) < 4.78 is 1.66. The quantitative estimate of drug-likeness (QED) is 0.740. The van der Waals surface area contributed by atoms with Crippen LogP contribution in [0.2, 0.25) is 0 Å². The van der Waals surface area contributed by atoms with E-state index < -0.39 is 6.10 Å². The lowest BCUT2D eigenvalue weighted by Crippen LogP contribution is -2.23. The molecule has 0 saturated heterocycles. The molecule has 1 aromatic rings. The summed E-state index contributed by atoms with van der Waals surface area (Å²) in [5.74, 6) is 0. The summed E-state index contributed by atoms with van der Waals surface area (Å²) in [7, 11) is 0. The van der Waals surface area contributed by atoms with E-state index in [0.717, 1.165) is 32.1 Å². The van der Waals surface area contributed by atoms with Crippen LogP contribution in [0.3, 0.4) is 0 Å². The smallest absolute Gasteiger partial charge is 0.176 e. The molecule has 0 aromatic carbocycles. The summed E-state index contributed by atoms with van der Waals surface area (Å²) in [5, 5.41) is 28.0. The van der Waals surface area contributed by atoms with Crippen LogP contribution in [0, 0.1) is 22.7 Å². The second-order valence-electron chi connectivity index (χ2n) is 4.35. The number of aliphatic hydroxyl groups is 1. The maximum Gasteiger partial charge on any atom is 0.176 e. The van der Waals surface area contributed by atoms with Crippen LogP contribution in [0.25, 0.3) is 0 Å². The fourth-order valence-corrected chi connectivity index (χ4v) is 2.40. The molecule has 5 nitrogen and oxygen atoms in total. The van der Waals surface area contributed by atoms with Crippen molar-refractivity contribution >= 4 is 0 Å². The van der Waals surface area contributed by atoms with Gasteiger partial charge in [0.15, 0.2) is 11.4 Å². The van der Waals surface area contributed by atoms with Gasteiger partial charge in [-0.2, -0.15) is 10.5 Å². The Hall–Kier alpha value is -1.85. The number of nitriles is 2. The third kappa shape index (κ3) is 2.15. The molecule has 2 rings (SSSR count). The van der Waals surface area contributed by atoms with Gasteiger partial charge in [0.25, 0.3) is 0 Å². The van der Waals surface area contributed by atoms with E-state index in [2.05, 4.69) is 4.98 Å². The van der Waals surface area contributed by atoms with Gasteiger partial charge < -0.3 is 9.67 Å². The highest BCUT2D eigenvalue weighted by Crippen LogP contribution is 2.29. The molecular formula is C12H14N4O. The molecule has 1 aromatic heterocycles. The first-order chi connectivity index (χ1) is 8.27. The minimum Gasteiger partial charge on any atom is -0.391 e. The topological polar surface area (TPSA) is 85.6 Å². The Morgan fingerprint density at radius 3 is 2.71 bits per heavy atom. The Morgan fingerprint density at radius 1 is 1.24 bits per heavy atom. The molecule has 0 bridgehead atoms. The Kier molecular flexibility index (Phi) is 3.41. The fraction of sp³-hybridized carbons (Fsp3) is 0.583. The normalized spacial score (nSPS) is 24.6. The Bertz CT molecular complexity index is 480. The van der Waals surface area contributed by atoms with E-state index in [4.69, 9.17) is 10.5 Å². The van der Waals surface area contributed by atoms with Gasteiger partial charge in [0, 0.05) is 0 Å². The first-order valence-corrected chi connectivity index (χ1v) is 5.83. The Balaban J connectivity index is 2.36. The molecule has 1 aliphatic carbocycles. The second-order valence-corrected chi connectivity index (χ2v) is 4.35. The van der Waals surface area contributed by atoms with Gasteiger partial charge >= 0.3 is 0 Å². The Labute approximate surface area is 99.9 Å². The van der Waals surface area contributed by atoms with Gasteiger partial charge in [-0.1, -0.05) is 19.3 Å². The van der Waals surface area contributed by atoms with Crippen molar-refractivity contribution in [2.75, 3.05) is 0 Å². The lowest BCUT2D eigenvalue weighted by Gasteiger charge is -2.22. The van der Waals surface area contributed by atoms with Gasteiger partial charge in [-0.05, 0) is 12.8 Å². The maximum absolute atomic E-state index is 10.1. The van der Waals surface area contributed by atoms with Gasteiger partial charge in [0.05, 0.1) is 18.5 Å². The van der Waals surface area contributed by atoms with Crippen molar-refractivity contribution < 1.29 is 5.11 Å². The molecule has 1 fully saturated rings. The van der Waals surface area contributed by atoms with E-state index in [-0.39, 0.29) is 17.4 Å². The minimum absolute atomic E-state index is 0.123. The van der Waals surface area contributed by atoms with Gasteiger partial charge in [-0.25, -0.2) is 4.98 Å². The van der Waals surface area contributed by atoms with Crippen LogP contribution in [-0.4, -0.2) is 20.8 Å².